The highest BCUT2D eigenvalue weighted by Crippen LogP contribution is 2.15. The number of primary amides is 1. The Morgan fingerprint density at radius 1 is 1.35 bits per heavy atom. The van der Waals surface area contributed by atoms with Crippen LogP contribution in [-0.4, -0.2) is 28.0 Å². The molecular weight excluding hydrogens is 284 g/mol. The van der Waals surface area contributed by atoms with Gasteiger partial charge < -0.3 is 10.8 Å². The molecule has 7 nitrogen and oxygen atoms in total. The van der Waals surface area contributed by atoms with Crippen molar-refractivity contribution in [1.82, 2.24) is 4.72 Å². The summed E-state index contributed by atoms with van der Waals surface area (Å²) >= 11 is 0.875. The molecule has 2 atom stereocenters. The summed E-state index contributed by atoms with van der Waals surface area (Å²) in [5.74, 6) is -3.69. The first-order chi connectivity index (χ1) is 9.18. The molecule has 0 aromatic carbocycles. The van der Waals surface area contributed by atoms with Gasteiger partial charge in [0, 0.05) is 11.9 Å². The molecule has 0 saturated carbocycles. The molecule has 1 saturated heterocycles. The van der Waals surface area contributed by atoms with Gasteiger partial charge in [-0.15, -0.1) is 0 Å². The summed E-state index contributed by atoms with van der Waals surface area (Å²) in [4.78, 5) is 40.7. The molecule has 0 aromatic rings. The third kappa shape index (κ3) is 9.37. The number of carboxylic acids is 1. The summed E-state index contributed by atoms with van der Waals surface area (Å²) in [6.45, 7) is 7.20. The van der Waals surface area contributed by atoms with Crippen LogP contribution < -0.4 is 10.5 Å². The molecule has 1 aliphatic rings. The average Bonchev–Trinajstić information content (AvgIpc) is 2.70. The first kappa shape index (κ1) is 20.7. The normalized spacial score (nSPS) is 17.9. The topological polar surface area (TPSA) is 127 Å². The van der Waals surface area contributed by atoms with Crippen LogP contribution in [0, 0.1) is 11.8 Å². The van der Waals surface area contributed by atoms with E-state index >= 15 is 0 Å². The van der Waals surface area contributed by atoms with Gasteiger partial charge in [-0.05, 0) is 13.8 Å². The van der Waals surface area contributed by atoms with E-state index in [4.69, 9.17) is 5.11 Å². The number of unbranched alkanes of at least 4 members (excludes halogenated alkanes) is 1. The third-order valence-electron chi connectivity index (χ3n) is 2.30. The Balaban J connectivity index is 0. The molecule has 0 aliphatic carbocycles. The molecule has 20 heavy (non-hydrogen) atoms. The molecule has 1 aliphatic heterocycles. The van der Waals surface area contributed by atoms with Crippen LogP contribution in [0.2, 0.25) is 0 Å². The quantitative estimate of drug-likeness (QED) is 0.526. The third-order valence-corrected chi connectivity index (χ3v) is 3.15. The van der Waals surface area contributed by atoms with Crippen LogP contribution in [-0.2, 0) is 19.2 Å². The minimum atomic E-state index is -1.18. The highest BCUT2D eigenvalue weighted by molar-refractivity contribution is 8.13. The molecule has 2 unspecified atom stereocenters. The van der Waals surface area contributed by atoms with Gasteiger partial charge in [-0.2, -0.15) is 0 Å². The Morgan fingerprint density at radius 2 is 1.80 bits per heavy atom. The predicted molar refractivity (Wildman–Crippen MR) is 76.5 cm³/mol. The predicted octanol–water partition coefficient (Wildman–Crippen LogP) is 0.926. The smallest absolute Gasteiger partial charge is 0.315 e. The fraction of sp³-hybridized carbons (Fsp3) is 0.667. The lowest BCUT2D eigenvalue weighted by Crippen LogP contribution is -2.27. The van der Waals surface area contributed by atoms with Gasteiger partial charge in [0.05, 0.1) is 0 Å². The van der Waals surface area contributed by atoms with Gasteiger partial charge in [-0.3, -0.25) is 23.9 Å². The van der Waals surface area contributed by atoms with Crippen molar-refractivity contribution in [2.24, 2.45) is 17.6 Å². The van der Waals surface area contributed by atoms with E-state index in [0.717, 1.165) is 11.9 Å². The number of amides is 2. The number of carbonyl (C=O) groups is 4. The lowest BCUT2D eigenvalue weighted by atomic mass is 10.2. The van der Waals surface area contributed by atoms with Gasteiger partial charge in [-0.1, -0.05) is 26.7 Å². The molecule has 1 heterocycles. The van der Waals surface area contributed by atoms with E-state index in [1.807, 2.05) is 0 Å². The van der Waals surface area contributed by atoms with E-state index in [-0.39, 0.29) is 11.0 Å². The van der Waals surface area contributed by atoms with Crippen molar-refractivity contribution in [3.63, 3.8) is 0 Å². The summed E-state index contributed by atoms with van der Waals surface area (Å²) < 4.78 is 2.35. The van der Waals surface area contributed by atoms with Crippen molar-refractivity contribution < 1.29 is 24.3 Å². The Bertz CT molecular complexity index is 328. The lowest BCUT2D eigenvalue weighted by Gasteiger charge is -1.95. The van der Waals surface area contributed by atoms with Gasteiger partial charge in [0.1, 0.15) is 11.8 Å². The van der Waals surface area contributed by atoms with Crippen molar-refractivity contribution in [1.29, 1.82) is 0 Å². The number of nitrogens with one attached hydrogen (secondary N) is 1. The minimum absolute atomic E-state index is 0.0880. The number of nitrogens with two attached hydrogens (primary N) is 1. The van der Waals surface area contributed by atoms with Crippen molar-refractivity contribution >= 4 is 34.8 Å². The number of carboxylic acid groups (broad SMARTS) is 1. The molecule has 116 valence electrons. The van der Waals surface area contributed by atoms with Gasteiger partial charge in [0.15, 0.2) is 0 Å². The summed E-state index contributed by atoms with van der Waals surface area (Å²) in [6, 6.07) is 0. The standard InChI is InChI=1S/C4H7NO3.C4H5NO2S.C4H10/c1-2(3(5)6)4(7)8;1-2-3(6)5-8-4(2)7;1-3-4-2/h2H,1H3,(H2,5,6)(H,7,8);2H,1H3,(H,5,6);3-4H2,1-2H3. The molecule has 0 radical (unpaired) electrons. The monoisotopic (exact) mass is 306 g/mol. The fourth-order valence-electron chi connectivity index (χ4n) is 0.506. The van der Waals surface area contributed by atoms with Gasteiger partial charge >= 0.3 is 5.97 Å². The highest BCUT2D eigenvalue weighted by atomic mass is 32.2. The van der Waals surface area contributed by atoms with Crippen molar-refractivity contribution in [3.8, 4) is 0 Å². The molecule has 0 aromatic heterocycles. The van der Waals surface area contributed by atoms with Crippen LogP contribution in [0.1, 0.15) is 40.5 Å². The highest BCUT2D eigenvalue weighted by Gasteiger charge is 2.29. The van der Waals surface area contributed by atoms with Crippen LogP contribution in [0.4, 0.5) is 0 Å². The molecule has 2 amide bonds. The maximum atomic E-state index is 10.5. The lowest BCUT2D eigenvalue weighted by molar-refractivity contribution is -0.145. The first-order valence-electron chi connectivity index (χ1n) is 6.21. The molecule has 1 fully saturated rings. The zero-order valence-electron chi connectivity index (χ0n) is 12.1. The van der Waals surface area contributed by atoms with Crippen molar-refractivity contribution in [2.75, 3.05) is 0 Å². The summed E-state index contributed by atoms with van der Waals surface area (Å²) in [5.41, 5.74) is 4.62. The van der Waals surface area contributed by atoms with Crippen molar-refractivity contribution in [3.05, 3.63) is 0 Å². The summed E-state index contributed by atoms with van der Waals surface area (Å²) in [5, 5.41) is 7.96. The zero-order chi connectivity index (χ0) is 16.3. The van der Waals surface area contributed by atoms with Gasteiger partial charge in [-0.25, -0.2) is 0 Å². The molecule has 0 spiro atoms. The van der Waals surface area contributed by atoms with Crippen LogP contribution in [0.3, 0.4) is 0 Å². The molecule has 4 N–H and O–H groups in total. The summed E-state index contributed by atoms with van der Waals surface area (Å²) in [6.07, 6.45) is 2.64. The number of hydrogen-bond acceptors (Lipinski definition) is 5. The maximum Gasteiger partial charge on any atom is 0.315 e. The van der Waals surface area contributed by atoms with Crippen molar-refractivity contribution in [2.45, 2.75) is 40.5 Å². The molecule has 0 bridgehead atoms. The maximum absolute atomic E-state index is 10.5. The van der Waals surface area contributed by atoms with Crippen LogP contribution in [0.25, 0.3) is 0 Å². The number of aliphatic carboxylic acids is 1. The largest absolute Gasteiger partial charge is 0.481 e. The minimum Gasteiger partial charge on any atom is -0.481 e. The Hall–Kier alpha value is -1.57. The zero-order valence-corrected chi connectivity index (χ0v) is 13.0. The number of rotatable bonds is 3. The Morgan fingerprint density at radius 3 is 1.85 bits per heavy atom. The second-order valence-electron chi connectivity index (χ2n) is 4.07. The SMILES string of the molecule is CC(C(N)=O)C(=O)O.CC1C(=O)NSC1=O.CCCC. The van der Waals surface area contributed by atoms with Gasteiger partial charge in [0.2, 0.25) is 16.9 Å². The van der Waals surface area contributed by atoms with Gasteiger partial charge in [0.25, 0.3) is 0 Å². The van der Waals surface area contributed by atoms with E-state index in [1.54, 1.807) is 6.92 Å². The van der Waals surface area contributed by atoms with Crippen LogP contribution in [0.5, 0.6) is 0 Å². The fourth-order valence-corrected chi connectivity index (χ4v) is 1.17. The molecular formula is C12H22N2O5S. The second-order valence-corrected chi connectivity index (χ2v) is 4.88. The Labute approximate surface area is 122 Å². The number of carbonyl (C=O) groups excluding carboxylic acids is 3. The molecule has 1 rings (SSSR count). The average molecular weight is 306 g/mol. The van der Waals surface area contributed by atoms with Crippen LogP contribution >= 0.6 is 11.9 Å². The second kappa shape index (κ2) is 11.3. The van der Waals surface area contributed by atoms with E-state index < -0.39 is 23.7 Å². The van der Waals surface area contributed by atoms with E-state index in [1.165, 1.54) is 19.8 Å². The van der Waals surface area contributed by atoms with E-state index in [9.17, 15) is 19.2 Å². The summed E-state index contributed by atoms with van der Waals surface area (Å²) in [7, 11) is 0. The molecule has 8 heteroatoms. The number of hydrogen-bond donors (Lipinski definition) is 3. The first-order valence-corrected chi connectivity index (χ1v) is 7.03. The van der Waals surface area contributed by atoms with E-state index in [0.29, 0.717) is 0 Å². The Kier molecular flexibility index (Phi) is 11.7. The van der Waals surface area contributed by atoms with Crippen LogP contribution in [0.15, 0.2) is 0 Å². The van der Waals surface area contributed by atoms with E-state index in [2.05, 4.69) is 24.3 Å².